The van der Waals surface area contributed by atoms with Crippen LogP contribution in [0.25, 0.3) is 11.5 Å². The van der Waals surface area contributed by atoms with E-state index in [0.29, 0.717) is 0 Å². The Labute approximate surface area is 195 Å². The van der Waals surface area contributed by atoms with Gasteiger partial charge in [-0.15, -0.1) is 0 Å². The maximum atomic E-state index is 14.1. The van der Waals surface area contributed by atoms with Gasteiger partial charge >= 0.3 is 6.61 Å². The lowest BCUT2D eigenvalue weighted by molar-refractivity contribution is -0.133. The molecule has 2 N–H and O–H groups in total. The van der Waals surface area contributed by atoms with Crippen LogP contribution in [0.5, 0.6) is 5.88 Å². The van der Waals surface area contributed by atoms with Gasteiger partial charge in [0.25, 0.3) is 0 Å². The number of halogens is 4. The van der Waals surface area contributed by atoms with Crippen molar-refractivity contribution >= 4 is 17.6 Å². The van der Waals surface area contributed by atoms with Crippen molar-refractivity contribution in [2.75, 3.05) is 5.32 Å². The van der Waals surface area contributed by atoms with Crippen LogP contribution < -0.4 is 15.4 Å². The van der Waals surface area contributed by atoms with Crippen molar-refractivity contribution in [1.82, 2.24) is 25.1 Å². The number of ether oxygens (including phenoxy) is 1. The topological polar surface area (TPSA) is 111 Å². The molecule has 3 heterocycles. The molecule has 3 aromatic rings. The van der Waals surface area contributed by atoms with E-state index in [4.69, 9.17) is 0 Å². The molecule has 1 unspecified atom stereocenters. The van der Waals surface area contributed by atoms with Gasteiger partial charge in [-0.1, -0.05) is 12.1 Å². The number of carbonyl (C=O) groups is 2. The minimum absolute atomic E-state index is 0.0226. The van der Waals surface area contributed by atoms with Crippen LogP contribution in [0.15, 0.2) is 30.5 Å². The van der Waals surface area contributed by atoms with Gasteiger partial charge in [-0.05, 0) is 25.8 Å². The number of hydrogen-bond donors (Lipinski definition) is 2. The lowest BCUT2D eigenvalue weighted by Gasteiger charge is -2.20. The van der Waals surface area contributed by atoms with Crippen LogP contribution in [0.4, 0.5) is 23.4 Å². The molecule has 5 rings (SSSR count). The Balaban J connectivity index is 1.48. The number of anilines is 1. The third-order valence-electron chi connectivity index (χ3n) is 5.91. The lowest BCUT2D eigenvalue weighted by Crippen LogP contribution is -2.47. The minimum Gasteiger partial charge on any atom is -0.417 e. The highest BCUT2D eigenvalue weighted by atomic mass is 19.3. The molecule has 1 saturated carbocycles. The molecule has 35 heavy (non-hydrogen) atoms. The lowest BCUT2D eigenvalue weighted by atomic mass is 9.84. The second kappa shape index (κ2) is 8.32. The van der Waals surface area contributed by atoms with E-state index < -0.39 is 47.9 Å². The molecule has 182 valence electrons. The van der Waals surface area contributed by atoms with Crippen LogP contribution in [0.2, 0.25) is 0 Å². The van der Waals surface area contributed by atoms with Gasteiger partial charge in [-0.3, -0.25) is 9.59 Å². The molecule has 2 aromatic heterocycles. The summed E-state index contributed by atoms with van der Waals surface area (Å²) in [6.45, 7) is -2.15. The van der Waals surface area contributed by atoms with E-state index in [1.807, 2.05) is 0 Å². The Bertz CT molecular complexity index is 1340. The second-order valence-electron chi connectivity index (χ2n) is 8.40. The Morgan fingerprint density at radius 2 is 2.11 bits per heavy atom. The summed E-state index contributed by atoms with van der Waals surface area (Å²) in [6.07, 6.45) is 2.98. The van der Waals surface area contributed by atoms with Crippen molar-refractivity contribution in [2.24, 2.45) is 0 Å². The van der Waals surface area contributed by atoms with E-state index in [1.165, 1.54) is 25.3 Å². The molecule has 9 nitrogen and oxygen atoms in total. The Hall–Kier alpha value is -4.03. The van der Waals surface area contributed by atoms with Crippen LogP contribution in [-0.2, 0) is 21.5 Å². The second-order valence-corrected chi connectivity index (χ2v) is 8.40. The van der Waals surface area contributed by atoms with Gasteiger partial charge in [0.1, 0.15) is 11.5 Å². The van der Waals surface area contributed by atoms with Gasteiger partial charge in [0.15, 0.2) is 22.9 Å². The molecular formula is C22H18F4N6O3. The fourth-order valence-corrected chi connectivity index (χ4v) is 3.74. The van der Waals surface area contributed by atoms with Gasteiger partial charge in [0.05, 0.1) is 6.54 Å². The third-order valence-corrected chi connectivity index (χ3v) is 5.91. The smallest absolute Gasteiger partial charge is 0.388 e. The average Bonchev–Trinajstić information content (AvgIpc) is 3.48. The molecule has 0 bridgehead atoms. The van der Waals surface area contributed by atoms with Crippen LogP contribution in [0.3, 0.4) is 0 Å². The van der Waals surface area contributed by atoms with E-state index in [9.17, 15) is 27.2 Å². The van der Waals surface area contributed by atoms with E-state index in [1.54, 1.807) is 0 Å². The third kappa shape index (κ3) is 4.06. The SMILES string of the molecule is CC1(C(=O)NC2CC2)C(=O)Nc2nc(-c3cc(OC(F)F)n(Cc4cccc(F)c4F)n3)ncc21. The highest BCUT2D eigenvalue weighted by molar-refractivity contribution is 6.19. The first-order valence-corrected chi connectivity index (χ1v) is 10.6. The van der Waals surface area contributed by atoms with Gasteiger partial charge < -0.3 is 15.4 Å². The van der Waals surface area contributed by atoms with Crippen LogP contribution >= 0.6 is 0 Å². The molecule has 0 saturated heterocycles. The zero-order valence-corrected chi connectivity index (χ0v) is 18.2. The normalized spacial score (nSPS) is 19.0. The quantitative estimate of drug-likeness (QED) is 0.389. The summed E-state index contributed by atoms with van der Waals surface area (Å²) < 4.78 is 59.0. The van der Waals surface area contributed by atoms with Crippen molar-refractivity contribution in [2.45, 2.75) is 44.4 Å². The molecule has 1 aromatic carbocycles. The number of fused-ring (bicyclic) bond motifs is 1. The summed E-state index contributed by atoms with van der Waals surface area (Å²) in [7, 11) is 0. The van der Waals surface area contributed by atoms with E-state index in [-0.39, 0.29) is 34.5 Å². The molecular weight excluding hydrogens is 472 g/mol. The van der Waals surface area contributed by atoms with Crippen molar-refractivity contribution in [3.8, 4) is 17.4 Å². The van der Waals surface area contributed by atoms with Gasteiger partial charge in [0.2, 0.25) is 17.7 Å². The highest BCUT2D eigenvalue weighted by Crippen LogP contribution is 2.38. The number of nitrogens with zero attached hydrogens (tertiary/aromatic N) is 4. The predicted molar refractivity (Wildman–Crippen MR) is 112 cm³/mol. The summed E-state index contributed by atoms with van der Waals surface area (Å²) >= 11 is 0. The fraction of sp³-hybridized carbons (Fsp3) is 0.318. The van der Waals surface area contributed by atoms with Gasteiger partial charge in [-0.25, -0.2) is 23.4 Å². The molecule has 0 radical (unpaired) electrons. The van der Waals surface area contributed by atoms with E-state index >= 15 is 0 Å². The summed E-state index contributed by atoms with van der Waals surface area (Å²) in [5.41, 5.74) is -1.44. The number of nitrogens with one attached hydrogen (secondary N) is 2. The number of benzene rings is 1. The largest absolute Gasteiger partial charge is 0.417 e. The molecule has 1 atom stereocenters. The van der Waals surface area contributed by atoms with E-state index in [2.05, 4.69) is 30.4 Å². The summed E-state index contributed by atoms with van der Waals surface area (Å²) in [6, 6.07) is 4.63. The fourth-order valence-electron chi connectivity index (χ4n) is 3.74. The van der Waals surface area contributed by atoms with Crippen LogP contribution in [0.1, 0.15) is 30.9 Å². The molecule has 1 aliphatic heterocycles. The highest BCUT2D eigenvalue weighted by Gasteiger charge is 2.51. The monoisotopic (exact) mass is 490 g/mol. The van der Waals surface area contributed by atoms with Crippen LogP contribution in [0, 0.1) is 11.6 Å². The number of aromatic nitrogens is 4. The van der Waals surface area contributed by atoms with Gasteiger partial charge in [0, 0.05) is 29.4 Å². The zero-order chi connectivity index (χ0) is 24.9. The Kier molecular flexibility index (Phi) is 5.41. The molecule has 0 spiro atoms. The first kappa shape index (κ1) is 22.7. The number of carbonyl (C=O) groups excluding carboxylic acids is 2. The number of hydrogen-bond acceptors (Lipinski definition) is 6. The van der Waals surface area contributed by atoms with Crippen molar-refractivity contribution in [3.05, 3.63) is 53.2 Å². The van der Waals surface area contributed by atoms with Crippen molar-refractivity contribution in [1.29, 1.82) is 0 Å². The number of alkyl halides is 2. The molecule has 2 aliphatic rings. The number of rotatable bonds is 7. The summed E-state index contributed by atoms with van der Waals surface area (Å²) in [5.74, 6) is -3.71. The first-order chi connectivity index (χ1) is 16.7. The average molecular weight is 490 g/mol. The molecule has 2 amide bonds. The van der Waals surface area contributed by atoms with Crippen molar-refractivity contribution < 1.29 is 31.9 Å². The zero-order valence-electron chi connectivity index (χ0n) is 18.2. The number of amides is 2. The molecule has 13 heteroatoms. The first-order valence-electron chi connectivity index (χ1n) is 10.6. The summed E-state index contributed by atoms with van der Waals surface area (Å²) in [5, 5.41) is 9.47. The maximum Gasteiger partial charge on any atom is 0.388 e. The predicted octanol–water partition coefficient (Wildman–Crippen LogP) is 2.76. The Morgan fingerprint density at radius 3 is 2.83 bits per heavy atom. The minimum atomic E-state index is -3.21. The molecule has 1 aliphatic carbocycles. The van der Waals surface area contributed by atoms with Gasteiger partial charge in [-0.2, -0.15) is 13.9 Å². The standard InChI is InChI=1S/C22H18F4N6O3/c1-22(19(33)28-11-5-6-11)12-8-27-18(29-17(12)30-20(22)34)14-7-15(35-21(25)26)32(31-14)9-10-3-2-4-13(23)16(10)24/h2-4,7-8,11,21H,5-6,9H2,1H3,(H,28,33)(H,27,29,30,34). The molecule has 1 fully saturated rings. The van der Waals surface area contributed by atoms with Crippen molar-refractivity contribution in [3.63, 3.8) is 0 Å². The maximum absolute atomic E-state index is 14.1. The summed E-state index contributed by atoms with van der Waals surface area (Å²) in [4.78, 5) is 33.8. The van der Waals surface area contributed by atoms with Crippen LogP contribution in [-0.4, -0.2) is 44.2 Å². The Morgan fingerprint density at radius 1 is 1.34 bits per heavy atom. The van der Waals surface area contributed by atoms with E-state index in [0.717, 1.165) is 29.7 Å².